The van der Waals surface area contributed by atoms with Crippen molar-refractivity contribution in [3.63, 3.8) is 0 Å². The Morgan fingerprint density at radius 3 is 0.727 bits per heavy atom. The first-order chi connectivity index (χ1) is 20.5. The first-order valence-corrected chi connectivity index (χ1v) is 11.1. The maximum absolute atomic E-state index is 13.9. The standard InChI is InChI=1S/C18BF15O3.C7H8/c20-1-4(23)10(29)16(11(30)5(1)24)35-19(36-17-12(31)6(25)2(21)7(26)13(17)32)37-18-14(33)8(27)3(22)9(28)15(18)34;1-7-5-3-2-4-6-7/h;2-6H,1H3. The highest BCUT2D eigenvalue weighted by atomic mass is 19.2. The molecule has 0 radical (unpaired) electrons. The second kappa shape index (κ2) is 13.3. The van der Waals surface area contributed by atoms with Crippen molar-refractivity contribution in [2.45, 2.75) is 6.92 Å². The summed E-state index contributed by atoms with van der Waals surface area (Å²) in [5.41, 5.74) is 1.32. The van der Waals surface area contributed by atoms with Gasteiger partial charge in [0.25, 0.3) is 0 Å². The van der Waals surface area contributed by atoms with Crippen LogP contribution in [0.25, 0.3) is 0 Å². The van der Waals surface area contributed by atoms with Crippen LogP contribution in [0.4, 0.5) is 65.9 Å². The molecule has 0 heterocycles. The van der Waals surface area contributed by atoms with Crippen LogP contribution in [0.5, 0.6) is 17.2 Å². The van der Waals surface area contributed by atoms with Crippen LogP contribution in [-0.4, -0.2) is 7.32 Å². The zero-order valence-corrected chi connectivity index (χ0v) is 20.9. The third-order valence-corrected chi connectivity index (χ3v) is 5.09. The Morgan fingerprint density at radius 1 is 0.341 bits per heavy atom. The summed E-state index contributed by atoms with van der Waals surface area (Å²) in [4.78, 5) is 0. The van der Waals surface area contributed by atoms with E-state index in [9.17, 15) is 65.9 Å². The molecule has 0 aromatic heterocycles. The summed E-state index contributed by atoms with van der Waals surface area (Å²) in [6.45, 7) is 2.08. The van der Waals surface area contributed by atoms with Gasteiger partial charge in [-0.25, -0.2) is 39.5 Å². The molecule has 4 aromatic carbocycles. The van der Waals surface area contributed by atoms with Crippen molar-refractivity contribution in [1.29, 1.82) is 0 Å². The smallest absolute Gasteiger partial charge is 0.484 e. The van der Waals surface area contributed by atoms with E-state index in [1.807, 2.05) is 18.2 Å². The largest absolute Gasteiger partial charge is 0.864 e. The predicted molar refractivity (Wildman–Crippen MR) is 118 cm³/mol. The Bertz CT molecular complexity index is 1460. The van der Waals surface area contributed by atoms with E-state index in [0.717, 1.165) is 0 Å². The minimum atomic E-state index is -3.75. The van der Waals surface area contributed by atoms with E-state index in [1.165, 1.54) is 5.56 Å². The number of aryl methyl sites for hydroxylation is 1. The highest BCUT2D eigenvalue weighted by Crippen LogP contribution is 2.35. The van der Waals surface area contributed by atoms with Gasteiger partial charge in [-0.15, -0.1) is 0 Å². The van der Waals surface area contributed by atoms with E-state index in [4.69, 9.17) is 0 Å². The first-order valence-electron chi connectivity index (χ1n) is 11.1. The van der Waals surface area contributed by atoms with E-state index < -0.39 is 112 Å². The van der Waals surface area contributed by atoms with Crippen LogP contribution >= 0.6 is 0 Å². The van der Waals surface area contributed by atoms with Crippen molar-refractivity contribution in [3.8, 4) is 17.2 Å². The average molecular weight is 652 g/mol. The molecule has 0 bridgehead atoms. The fourth-order valence-electron chi connectivity index (χ4n) is 2.96. The van der Waals surface area contributed by atoms with Gasteiger partial charge in [0.15, 0.2) is 17.2 Å². The highest BCUT2D eigenvalue weighted by Gasteiger charge is 2.42. The van der Waals surface area contributed by atoms with Crippen LogP contribution in [0.2, 0.25) is 0 Å². The molecule has 0 unspecified atom stereocenters. The zero-order valence-electron chi connectivity index (χ0n) is 20.9. The highest BCUT2D eigenvalue weighted by molar-refractivity contribution is 6.39. The molecule has 19 heteroatoms. The molecule has 0 aliphatic carbocycles. The number of halogens is 15. The maximum Gasteiger partial charge on any atom is 0.864 e. The second-order valence-electron chi connectivity index (χ2n) is 7.99. The fourth-order valence-corrected chi connectivity index (χ4v) is 2.96. The molecule has 3 nitrogen and oxygen atoms in total. The Balaban J connectivity index is 0.000000662. The quantitative estimate of drug-likeness (QED) is 0.0909. The average Bonchev–Trinajstić information content (AvgIpc) is 3.01. The number of hydrogen-bond acceptors (Lipinski definition) is 3. The van der Waals surface area contributed by atoms with E-state index in [1.54, 1.807) is 0 Å². The molecule has 0 saturated carbocycles. The molecule has 0 atom stereocenters. The molecule has 0 aliphatic rings. The Morgan fingerprint density at radius 2 is 0.545 bits per heavy atom. The lowest BCUT2D eigenvalue weighted by molar-refractivity contribution is 0.247. The molecule has 0 amide bonds. The minimum Gasteiger partial charge on any atom is -0.484 e. The summed E-state index contributed by atoms with van der Waals surface area (Å²) >= 11 is 0. The van der Waals surface area contributed by atoms with E-state index in [0.29, 0.717) is 0 Å². The lowest BCUT2D eigenvalue weighted by Gasteiger charge is -2.19. The summed E-state index contributed by atoms with van der Waals surface area (Å²) in [7, 11) is -3.75. The van der Waals surface area contributed by atoms with Crippen molar-refractivity contribution in [2.24, 2.45) is 0 Å². The lowest BCUT2D eigenvalue weighted by atomic mass is 10.1. The summed E-state index contributed by atoms with van der Waals surface area (Å²) in [6.07, 6.45) is 0. The predicted octanol–water partition coefficient (Wildman–Crippen LogP) is 8.29. The Labute approximate surface area is 235 Å². The molecule has 4 rings (SSSR count). The summed E-state index contributed by atoms with van der Waals surface area (Å²) in [5, 5.41) is 0. The molecular formula is C25H8BF15O3. The van der Waals surface area contributed by atoms with Gasteiger partial charge in [0.1, 0.15) is 0 Å². The maximum atomic E-state index is 13.9. The van der Waals surface area contributed by atoms with E-state index in [2.05, 4.69) is 33.0 Å². The monoisotopic (exact) mass is 652 g/mol. The molecule has 0 aliphatic heterocycles. The van der Waals surface area contributed by atoms with Crippen molar-refractivity contribution in [3.05, 3.63) is 123 Å². The molecule has 0 spiro atoms. The van der Waals surface area contributed by atoms with Gasteiger partial charge in [-0.2, -0.15) is 26.3 Å². The van der Waals surface area contributed by atoms with Gasteiger partial charge in [0.2, 0.25) is 87.3 Å². The summed E-state index contributed by atoms with van der Waals surface area (Å²) in [6, 6.07) is 10.3. The molecule has 4 aromatic rings. The van der Waals surface area contributed by atoms with Crippen molar-refractivity contribution < 1.29 is 79.8 Å². The van der Waals surface area contributed by atoms with Gasteiger partial charge >= 0.3 is 7.32 Å². The lowest BCUT2D eigenvalue weighted by Crippen LogP contribution is -2.39. The minimum absolute atomic E-state index is 1.32. The number of hydrogen-bond donors (Lipinski definition) is 0. The third-order valence-electron chi connectivity index (χ3n) is 5.09. The summed E-state index contributed by atoms with van der Waals surface area (Å²) in [5.74, 6) is -50.0. The van der Waals surface area contributed by atoms with Crippen LogP contribution in [0.1, 0.15) is 5.56 Å². The third kappa shape index (κ3) is 6.45. The Hall–Kier alpha value is -4.71. The molecule has 0 fully saturated rings. The van der Waals surface area contributed by atoms with Crippen LogP contribution in [0.3, 0.4) is 0 Å². The van der Waals surface area contributed by atoms with E-state index >= 15 is 0 Å². The van der Waals surface area contributed by atoms with Gasteiger partial charge < -0.3 is 14.0 Å². The molecule has 0 N–H and O–H groups in total. The van der Waals surface area contributed by atoms with Gasteiger partial charge in [0, 0.05) is 0 Å². The van der Waals surface area contributed by atoms with Crippen molar-refractivity contribution >= 4 is 7.32 Å². The van der Waals surface area contributed by atoms with E-state index in [-0.39, 0.29) is 0 Å². The fraction of sp³-hybridized carbons (Fsp3) is 0.0400. The molecule has 0 saturated heterocycles. The van der Waals surface area contributed by atoms with Gasteiger partial charge in [0.05, 0.1) is 0 Å². The van der Waals surface area contributed by atoms with Crippen LogP contribution in [0, 0.1) is 94.2 Å². The van der Waals surface area contributed by atoms with Gasteiger partial charge in [-0.05, 0) is 6.92 Å². The number of rotatable bonds is 6. The summed E-state index contributed by atoms with van der Waals surface area (Å²) < 4.78 is 216. The first kappa shape index (κ1) is 33.8. The molecular weight excluding hydrogens is 644 g/mol. The number of benzene rings is 4. The van der Waals surface area contributed by atoms with Crippen LogP contribution in [-0.2, 0) is 0 Å². The van der Waals surface area contributed by atoms with Crippen LogP contribution in [0.15, 0.2) is 30.3 Å². The van der Waals surface area contributed by atoms with Gasteiger partial charge in [-0.1, -0.05) is 35.9 Å². The molecule has 234 valence electrons. The topological polar surface area (TPSA) is 27.7 Å². The van der Waals surface area contributed by atoms with Gasteiger partial charge in [-0.3, -0.25) is 0 Å². The van der Waals surface area contributed by atoms with Crippen molar-refractivity contribution in [1.82, 2.24) is 0 Å². The second-order valence-corrected chi connectivity index (χ2v) is 7.99. The zero-order chi connectivity index (χ0) is 33.2. The van der Waals surface area contributed by atoms with Crippen molar-refractivity contribution in [2.75, 3.05) is 0 Å². The normalized spacial score (nSPS) is 10.7. The SMILES string of the molecule is Cc1ccccc1.Fc1c(F)c(F)c(OB(Oc2c(F)c(F)c(F)c(F)c2F)Oc2c(F)c(F)c(F)c(F)c2F)c(F)c1F. The Kier molecular flexibility index (Phi) is 10.2. The molecule has 44 heavy (non-hydrogen) atoms. The van der Waals surface area contributed by atoms with Crippen LogP contribution < -0.4 is 14.0 Å².